The highest BCUT2D eigenvalue weighted by Gasteiger charge is 2.18. The minimum absolute atomic E-state index is 0.379. The molecule has 0 spiro atoms. The van der Waals surface area contributed by atoms with Gasteiger partial charge in [0.2, 0.25) is 0 Å². The second kappa shape index (κ2) is 7.55. The Morgan fingerprint density at radius 2 is 1.80 bits per heavy atom. The third kappa shape index (κ3) is 3.26. The Balaban J connectivity index is 1.66. The van der Waals surface area contributed by atoms with Crippen molar-refractivity contribution in [1.29, 1.82) is 0 Å². The summed E-state index contributed by atoms with van der Waals surface area (Å²) in [6, 6.07) is 9.98. The van der Waals surface area contributed by atoms with Crippen molar-refractivity contribution in [3.8, 4) is 11.1 Å². The van der Waals surface area contributed by atoms with Crippen molar-refractivity contribution in [3.63, 3.8) is 0 Å². The molecule has 0 radical (unpaired) electrons. The number of pyridine rings is 1. The van der Waals surface area contributed by atoms with Crippen molar-refractivity contribution in [2.24, 2.45) is 7.05 Å². The normalized spacial score (nSPS) is 11.1. The fourth-order valence-corrected chi connectivity index (χ4v) is 3.35. The van der Waals surface area contributed by atoms with Crippen LogP contribution in [0.15, 0.2) is 57.9 Å². The van der Waals surface area contributed by atoms with E-state index in [4.69, 9.17) is 4.42 Å². The molecule has 0 aliphatic rings. The maximum atomic E-state index is 13.8. The fraction of sp³-hybridized carbons (Fsp3) is 0.136. The molecule has 0 aliphatic heterocycles. The molecule has 4 rings (SSSR count). The maximum Gasteiger partial charge on any atom is 0.420 e. The van der Waals surface area contributed by atoms with E-state index in [9.17, 15) is 18.4 Å². The molecule has 2 aromatic carbocycles. The quantitative estimate of drug-likeness (QED) is 0.546. The van der Waals surface area contributed by atoms with E-state index in [2.05, 4.69) is 10.3 Å². The molecule has 1 N–H and O–H groups in total. The van der Waals surface area contributed by atoms with E-state index in [1.54, 1.807) is 37.5 Å². The number of carbonyl (C=O) groups is 1. The van der Waals surface area contributed by atoms with Crippen LogP contribution in [0.25, 0.3) is 22.4 Å². The summed E-state index contributed by atoms with van der Waals surface area (Å²) in [4.78, 5) is 28.4. The number of fused-ring (bicyclic) bond motifs is 1. The number of aryl methyl sites for hydroxylation is 2. The lowest BCUT2D eigenvalue weighted by atomic mass is 9.99. The molecule has 2 heterocycles. The van der Waals surface area contributed by atoms with Gasteiger partial charge in [-0.05, 0) is 36.2 Å². The summed E-state index contributed by atoms with van der Waals surface area (Å²) in [6.07, 6.45) is 2.28. The summed E-state index contributed by atoms with van der Waals surface area (Å²) in [5, 5.41) is 2.49. The molecule has 30 heavy (non-hydrogen) atoms. The van der Waals surface area contributed by atoms with Gasteiger partial charge >= 0.3 is 5.76 Å². The number of benzene rings is 2. The molecule has 0 aliphatic carbocycles. The molecule has 1 amide bonds. The molecular weight excluding hydrogens is 392 g/mol. The number of hydrogen-bond donors (Lipinski definition) is 1. The van der Waals surface area contributed by atoms with Gasteiger partial charge in [0.25, 0.3) is 5.91 Å². The van der Waals surface area contributed by atoms with Crippen LogP contribution in [-0.4, -0.2) is 15.5 Å². The average molecular weight is 409 g/mol. The topological polar surface area (TPSA) is 77.1 Å². The smallest absolute Gasteiger partial charge is 0.406 e. The number of oxazole rings is 1. The van der Waals surface area contributed by atoms with Gasteiger partial charge in [-0.25, -0.2) is 18.6 Å². The number of aromatic nitrogens is 2. The van der Waals surface area contributed by atoms with Gasteiger partial charge in [0.1, 0.15) is 17.2 Å². The number of anilines is 1. The largest absolute Gasteiger partial charge is 0.420 e. The summed E-state index contributed by atoms with van der Waals surface area (Å²) in [5.74, 6) is -3.22. The Hall–Kier alpha value is -3.81. The third-order valence-corrected chi connectivity index (χ3v) is 4.90. The van der Waals surface area contributed by atoms with Gasteiger partial charge in [0.15, 0.2) is 11.2 Å². The number of nitrogens with zero attached hydrogens (tertiary/aromatic N) is 2. The van der Waals surface area contributed by atoms with E-state index in [1.807, 2.05) is 6.92 Å². The molecule has 0 saturated carbocycles. The van der Waals surface area contributed by atoms with Gasteiger partial charge in [0.05, 0.1) is 0 Å². The number of hydrogen-bond acceptors (Lipinski definition) is 4. The Kier molecular flexibility index (Phi) is 4.91. The summed E-state index contributed by atoms with van der Waals surface area (Å²) in [7, 11) is 1.59. The minimum atomic E-state index is -0.930. The van der Waals surface area contributed by atoms with Crippen LogP contribution in [0.2, 0.25) is 0 Å². The van der Waals surface area contributed by atoms with Crippen molar-refractivity contribution < 1.29 is 18.0 Å². The zero-order valence-electron chi connectivity index (χ0n) is 16.2. The van der Waals surface area contributed by atoms with Crippen molar-refractivity contribution in [3.05, 3.63) is 82.0 Å². The molecule has 0 fully saturated rings. The van der Waals surface area contributed by atoms with Gasteiger partial charge < -0.3 is 9.73 Å². The average Bonchev–Trinajstić information content (AvgIpc) is 3.02. The second-order valence-corrected chi connectivity index (χ2v) is 6.71. The van der Waals surface area contributed by atoms with E-state index in [1.165, 1.54) is 10.6 Å². The molecule has 0 atom stereocenters. The third-order valence-electron chi connectivity index (χ3n) is 4.90. The monoisotopic (exact) mass is 409 g/mol. The van der Waals surface area contributed by atoms with E-state index in [0.29, 0.717) is 23.3 Å². The number of halogens is 2. The lowest BCUT2D eigenvalue weighted by Gasteiger charge is -2.10. The summed E-state index contributed by atoms with van der Waals surface area (Å²) < 4.78 is 34.3. The van der Waals surface area contributed by atoms with Crippen molar-refractivity contribution in [2.75, 3.05) is 5.32 Å². The Labute approximate surface area is 169 Å². The highest BCUT2D eigenvalue weighted by Crippen LogP contribution is 2.30. The van der Waals surface area contributed by atoms with Crippen LogP contribution in [0, 0.1) is 11.6 Å². The van der Waals surface area contributed by atoms with Gasteiger partial charge in [-0.2, -0.15) is 0 Å². The van der Waals surface area contributed by atoms with Gasteiger partial charge in [0, 0.05) is 30.1 Å². The Bertz CT molecular complexity index is 1300. The van der Waals surface area contributed by atoms with E-state index in [-0.39, 0.29) is 0 Å². The number of rotatable bonds is 4. The molecule has 8 heteroatoms. The van der Waals surface area contributed by atoms with Gasteiger partial charge in [-0.1, -0.05) is 25.1 Å². The first kappa shape index (κ1) is 19.5. The minimum Gasteiger partial charge on any atom is -0.406 e. The highest BCUT2D eigenvalue weighted by atomic mass is 19.1. The fourth-order valence-electron chi connectivity index (χ4n) is 3.35. The zero-order chi connectivity index (χ0) is 21.4. The lowest BCUT2D eigenvalue weighted by Crippen LogP contribution is -2.15. The lowest BCUT2D eigenvalue weighted by molar-refractivity contribution is 0.101. The van der Waals surface area contributed by atoms with Crippen molar-refractivity contribution in [1.82, 2.24) is 9.55 Å². The Morgan fingerprint density at radius 3 is 2.43 bits per heavy atom. The predicted molar refractivity (Wildman–Crippen MR) is 108 cm³/mol. The molecule has 0 unspecified atom stereocenters. The first-order valence-electron chi connectivity index (χ1n) is 9.24. The first-order valence-corrected chi connectivity index (χ1v) is 9.24. The molecule has 0 bridgehead atoms. The van der Waals surface area contributed by atoms with Gasteiger partial charge in [-0.15, -0.1) is 0 Å². The highest BCUT2D eigenvalue weighted by molar-refractivity contribution is 6.04. The molecular formula is C22H17F2N3O3. The van der Waals surface area contributed by atoms with Crippen LogP contribution in [0.4, 0.5) is 14.5 Å². The van der Waals surface area contributed by atoms with Crippen LogP contribution >= 0.6 is 0 Å². The SMILES string of the molecule is CCc1c(-c2ccc(NC(=O)c3c(F)cccc3F)cc2)cnc2c1oc(=O)n2C. The first-order chi connectivity index (χ1) is 14.4. The molecule has 152 valence electrons. The van der Waals surface area contributed by atoms with E-state index >= 15 is 0 Å². The number of amides is 1. The number of carbonyl (C=O) groups excluding carboxylic acids is 1. The van der Waals surface area contributed by atoms with Crippen molar-refractivity contribution >= 4 is 22.8 Å². The summed E-state index contributed by atoms with van der Waals surface area (Å²) in [6.45, 7) is 1.95. The van der Waals surface area contributed by atoms with E-state index in [0.717, 1.165) is 28.8 Å². The van der Waals surface area contributed by atoms with Crippen LogP contribution < -0.4 is 11.1 Å². The predicted octanol–water partition coefficient (Wildman–Crippen LogP) is 4.29. The standard InChI is InChI=1S/C22H17F2N3O3/c1-3-14-15(11-25-20-19(14)30-22(29)27(20)2)12-7-9-13(10-8-12)26-21(28)18-16(23)5-4-6-17(18)24/h4-11H,3H2,1-2H3,(H,26,28). The van der Waals surface area contributed by atoms with Crippen LogP contribution in [0.3, 0.4) is 0 Å². The molecule has 0 saturated heterocycles. The van der Waals surface area contributed by atoms with Crippen LogP contribution in [0.5, 0.6) is 0 Å². The van der Waals surface area contributed by atoms with E-state index < -0.39 is 28.9 Å². The van der Waals surface area contributed by atoms with Crippen molar-refractivity contribution in [2.45, 2.75) is 13.3 Å². The summed E-state index contributed by atoms with van der Waals surface area (Å²) in [5.41, 5.74) is 3.07. The Morgan fingerprint density at radius 1 is 1.13 bits per heavy atom. The van der Waals surface area contributed by atoms with Gasteiger partial charge in [-0.3, -0.25) is 9.36 Å². The number of nitrogens with one attached hydrogen (secondary N) is 1. The van der Waals surface area contributed by atoms with Crippen LogP contribution in [-0.2, 0) is 13.5 Å². The molecule has 4 aromatic rings. The maximum absolute atomic E-state index is 13.8. The zero-order valence-corrected chi connectivity index (χ0v) is 16.2. The van der Waals surface area contributed by atoms with Crippen LogP contribution in [0.1, 0.15) is 22.8 Å². The summed E-state index contributed by atoms with van der Waals surface area (Å²) >= 11 is 0. The second-order valence-electron chi connectivity index (χ2n) is 6.71. The molecule has 6 nitrogen and oxygen atoms in total. The molecule has 2 aromatic heterocycles.